The van der Waals surface area contributed by atoms with E-state index in [1.165, 1.54) is 5.56 Å². The van der Waals surface area contributed by atoms with Crippen molar-refractivity contribution in [1.29, 1.82) is 0 Å². The average Bonchev–Trinajstić information content (AvgIpc) is 3.28. The molecule has 5 heteroatoms. The molecule has 3 rings (SSSR count). The number of halogens is 1. The second-order valence-electron chi connectivity index (χ2n) is 5.33. The van der Waals surface area contributed by atoms with Crippen molar-refractivity contribution in [3.8, 4) is 0 Å². The molecule has 1 aliphatic carbocycles. The van der Waals surface area contributed by atoms with Gasteiger partial charge in [0, 0.05) is 16.6 Å². The van der Waals surface area contributed by atoms with E-state index >= 15 is 0 Å². The Labute approximate surface area is 129 Å². The Balaban J connectivity index is 1.68. The highest BCUT2D eigenvalue weighted by molar-refractivity contribution is 6.30. The summed E-state index contributed by atoms with van der Waals surface area (Å²) < 4.78 is 0. The molecule has 0 atom stereocenters. The van der Waals surface area contributed by atoms with Gasteiger partial charge in [0.1, 0.15) is 5.82 Å². The van der Waals surface area contributed by atoms with Crippen LogP contribution in [0.15, 0.2) is 53.7 Å². The lowest BCUT2D eigenvalue weighted by atomic mass is 9.96. The average molecular weight is 301 g/mol. The van der Waals surface area contributed by atoms with E-state index in [1.54, 1.807) is 6.20 Å². The maximum atomic E-state index is 6.07. The predicted octanol–water partition coefficient (Wildman–Crippen LogP) is 3.19. The Morgan fingerprint density at radius 1 is 1.29 bits per heavy atom. The Bertz CT molecular complexity index is 650. The lowest BCUT2D eigenvalue weighted by molar-refractivity contribution is 0.705. The molecular weight excluding hydrogens is 284 g/mol. The van der Waals surface area contributed by atoms with Gasteiger partial charge < -0.3 is 11.1 Å². The van der Waals surface area contributed by atoms with Gasteiger partial charge in [-0.05, 0) is 42.7 Å². The maximum Gasteiger partial charge on any atom is 0.194 e. The molecule has 4 nitrogen and oxygen atoms in total. The molecule has 0 radical (unpaired) electrons. The first kappa shape index (κ1) is 13.9. The second kappa shape index (κ2) is 5.74. The first-order valence-electron chi connectivity index (χ1n) is 6.92. The van der Waals surface area contributed by atoms with Crippen LogP contribution in [0.1, 0.15) is 18.4 Å². The third-order valence-corrected chi connectivity index (χ3v) is 4.00. The van der Waals surface area contributed by atoms with Crippen LogP contribution in [0.2, 0.25) is 5.02 Å². The highest BCUT2D eigenvalue weighted by Crippen LogP contribution is 2.48. The summed E-state index contributed by atoms with van der Waals surface area (Å²) in [6, 6.07) is 13.6. The second-order valence-corrected chi connectivity index (χ2v) is 5.77. The number of benzene rings is 1. The van der Waals surface area contributed by atoms with E-state index in [0.29, 0.717) is 18.3 Å². The van der Waals surface area contributed by atoms with Crippen molar-refractivity contribution in [2.45, 2.75) is 18.3 Å². The fraction of sp³-hybridized carbons (Fsp3) is 0.250. The van der Waals surface area contributed by atoms with Gasteiger partial charge >= 0.3 is 0 Å². The van der Waals surface area contributed by atoms with Crippen molar-refractivity contribution in [1.82, 2.24) is 4.98 Å². The van der Waals surface area contributed by atoms with Crippen molar-refractivity contribution in [2.75, 3.05) is 11.9 Å². The fourth-order valence-electron chi connectivity index (χ4n) is 2.35. The Hall–Kier alpha value is -2.07. The van der Waals surface area contributed by atoms with Crippen molar-refractivity contribution >= 4 is 23.4 Å². The minimum absolute atomic E-state index is 0.0985. The largest absolute Gasteiger partial charge is 0.370 e. The van der Waals surface area contributed by atoms with Crippen LogP contribution in [0.25, 0.3) is 0 Å². The van der Waals surface area contributed by atoms with E-state index in [4.69, 9.17) is 17.3 Å². The smallest absolute Gasteiger partial charge is 0.194 e. The fourth-order valence-corrected chi connectivity index (χ4v) is 2.54. The lowest BCUT2D eigenvalue weighted by Gasteiger charge is -2.14. The number of aliphatic imine (C=N–C) groups is 1. The Morgan fingerprint density at radius 2 is 2.14 bits per heavy atom. The van der Waals surface area contributed by atoms with Gasteiger partial charge in [0.15, 0.2) is 5.96 Å². The molecule has 1 aliphatic rings. The molecule has 0 saturated heterocycles. The quantitative estimate of drug-likeness (QED) is 0.673. The molecule has 1 heterocycles. The molecule has 2 aromatic rings. The number of nitrogens with one attached hydrogen (secondary N) is 1. The first-order valence-corrected chi connectivity index (χ1v) is 7.30. The van der Waals surface area contributed by atoms with Crippen LogP contribution in [-0.2, 0) is 5.41 Å². The molecule has 1 fully saturated rings. The lowest BCUT2D eigenvalue weighted by Crippen LogP contribution is -2.25. The summed E-state index contributed by atoms with van der Waals surface area (Å²) in [6.45, 7) is 0.666. The molecule has 0 aliphatic heterocycles. The number of aromatic nitrogens is 1. The summed E-state index contributed by atoms with van der Waals surface area (Å²) in [5.41, 5.74) is 7.26. The summed E-state index contributed by atoms with van der Waals surface area (Å²) in [4.78, 5) is 8.62. The summed E-state index contributed by atoms with van der Waals surface area (Å²) in [6.07, 6.45) is 3.95. The van der Waals surface area contributed by atoms with Crippen molar-refractivity contribution in [3.05, 3.63) is 59.2 Å². The minimum atomic E-state index is 0.0985. The van der Waals surface area contributed by atoms with Gasteiger partial charge in [-0.25, -0.2) is 4.98 Å². The van der Waals surface area contributed by atoms with Crippen molar-refractivity contribution in [3.63, 3.8) is 0 Å². The van der Waals surface area contributed by atoms with Crippen LogP contribution in [-0.4, -0.2) is 17.5 Å². The number of guanidine groups is 1. The SMILES string of the molecule is NC(=NCC1(c2cccc(Cl)c2)CC1)Nc1ccccn1. The number of nitrogens with two attached hydrogens (primary N) is 1. The number of hydrogen-bond donors (Lipinski definition) is 2. The molecule has 1 saturated carbocycles. The van der Waals surface area contributed by atoms with Gasteiger partial charge in [0.05, 0.1) is 6.54 Å². The molecule has 0 spiro atoms. The van der Waals surface area contributed by atoms with Gasteiger partial charge in [-0.3, -0.25) is 4.99 Å². The van der Waals surface area contributed by atoms with E-state index in [9.17, 15) is 0 Å². The molecule has 3 N–H and O–H groups in total. The minimum Gasteiger partial charge on any atom is -0.370 e. The summed E-state index contributed by atoms with van der Waals surface area (Å²) in [5, 5.41) is 3.76. The van der Waals surface area contributed by atoms with Gasteiger partial charge in [-0.2, -0.15) is 0 Å². The monoisotopic (exact) mass is 300 g/mol. The van der Waals surface area contributed by atoms with Crippen LogP contribution in [0.4, 0.5) is 5.82 Å². The van der Waals surface area contributed by atoms with Gasteiger partial charge in [0.2, 0.25) is 0 Å². The number of hydrogen-bond acceptors (Lipinski definition) is 2. The highest BCUT2D eigenvalue weighted by atomic mass is 35.5. The third-order valence-electron chi connectivity index (χ3n) is 3.76. The highest BCUT2D eigenvalue weighted by Gasteiger charge is 2.44. The van der Waals surface area contributed by atoms with E-state index in [-0.39, 0.29) is 5.41 Å². The number of nitrogens with zero attached hydrogens (tertiary/aromatic N) is 2. The topological polar surface area (TPSA) is 63.3 Å². The molecule has 1 aromatic carbocycles. The van der Waals surface area contributed by atoms with Crippen molar-refractivity contribution in [2.24, 2.45) is 10.7 Å². The molecule has 0 amide bonds. The number of anilines is 1. The molecule has 1 aromatic heterocycles. The van der Waals surface area contributed by atoms with E-state index in [2.05, 4.69) is 21.4 Å². The summed E-state index contributed by atoms with van der Waals surface area (Å²) in [5.74, 6) is 1.09. The molecular formula is C16H17ClN4. The van der Waals surface area contributed by atoms with Crippen LogP contribution in [0.3, 0.4) is 0 Å². The normalized spacial score (nSPS) is 16.5. The Kier molecular flexibility index (Phi) is 3.80. The van der Waals surface area contributed by atoms with Gasteiger partial charge in [0.25, 0.3) is 0 Å². The van der Waals surface area contributed by atoms with Crippen LogP contribution in [0, 0.1) is 0 Å². The third kappa shape index (κ3) is 3.34. The van der Waals surface area contributed by atoms with Crippen LogP contribution >= 0.6 is 11.6 Å². The molecule has 108 valence electrons. The van der Waals surface area contributed by atoms with Crippen molar-refractivity contribution < 1.29 is 0 Å². The zero-order chi connectivity index (χ0) is 14.7. The zero-order valence-electron chi connectivity index (χ0n) is 11.6. The standard InChI is InChI=1S/C16H17ClN4/c17-13-5-3-4-12(10-13)16(7-8-16)11-20-15(18)21-14-6-1-2-9-19-14/h1-6,9-10H,7-8,11H2,(H3,18,19,20,21). The van der Waals surface area contributed by atoms with Crippen LogP contribution < -0.4 is 11.1 Å². The first-order chi connectivity index (χ1) is 10.2. The molecule has 0 unspecified atom stereocenters. The zero-order valence-corrected chi connectivity index (χ0v) is 12.3. The summed E-state index contributed by atoms with van der Waals surface area (Å²) in [7, 11) is 0. The predicted molar refractivity (Wildman–Crippen MR) is 86.7 cm³/mol. The van der Waals surface area contributed by atoms with Gasteiger partial charge in [-0.1, -0.05) is 29.8 Å². The van der Waals surface area contributed by atoms with E-state index < -0.39 is 0 Å². The van der Waals surface area contributed by atoms with E-state index in [0.717, 1.165) is 17.9 Å². The van der Waals surface area contributed by atoms with Gasteiger partial charge in [-0.15, -0.1) is 0 Å². The maximum absolute atomic E-state index is 6.07. The Morgan fingerprint density at radius 3 is 2.81 bits per heavy atom. The van der Waals surface area contributed by atoms with Crippen LogP contribution in [0.5, 0.6) is 0 Å². The summed E-state index contributed by atoms with van der Waals surface area (Å²) >= 11 is 6.07. The molecule has 0 bridgehead atoms. The number of rotatable bonds is 4. The number of pyridine rings is 1. The van der Waals surface area contributed by atoms with E-state index in [1.807, 2.05) is 36.4 Å². The molecule has 21 heavy (non-hydrogen) atoms.